The van der Waals surface area contributed by atoms with Crippen LogP contribution in [0.25, 0.3) is 53.7 Å². The minimum absolute atomic E-state index is 0.0407. The van der Waals surface area contributed by atoms with Gasteiger partial charge in [-0.1, -0.05) is 12.1 Å². The molecular formula is C28H15N7S2. The molecule has 0 unspecified atom stereocenters. The molecule has 9 heteroatoms. The lowest BCUT2D eigenvalue weighted by Gasteiger charge is -2.01. The second-order valence-corrected chi connectivity index (χ2v) is 10.0. The first-order valence-corrected chi connectivity index (χ1v) is 12.7. The van der Waals surface area contributed by atoms with E-state index in [9.17, 15) is 0 Å². The van der Waals surface area contributed by atoms with Crippen LogP contribution in [0.2, 0.25) is 0 Å². The molecule has 0 radical (unpaired) electrons. The molecule has 0 aromatic carbocycles. The Hall–Kier alpha value is -5.06. The lowest BCUT2D eigenvalue weighted by atomic mass is 10.2. The molecule has 174 valence electrons. The summed E-state index contributed by atoms with van der Waals surface area (Å²) in [7, 11) is 0. The Kier molecular flexibility index (Phi) is 6.33. The van der Waals surface area contributed by atoms with Crippen molar-refractivity contribution in [3.8, 4) is 45.4 Å². The molecule has 37 heavy (non-hydrogen) atoms. The second kappa shape index (κ2) is 9.90. The number of rotatable bonds is 5. The molecule has 0 N–H and O–H groups in total. The fourth-order valence-corrected chi connectivity index (χ4v) is 6.42. The molecule has 0 spiro atoms. The lowest BCUT2D eigenvalue weighted by Crippen LogP contribution is -1.91. The van der Waals surface area contributed by atoms with Gasteiger partial charge in [0.15, 0.2) is 0 Å². The van der Waals surface area contributed by atoms with Crippen LogP contribution < -0.4 is 0 Å². The van der Waals surface area contributed by atoms with Crippen molar-refractivity contribution in [1.29, 1.82) is 21.0 Å². The molecular weight excluding hydrogens is 498 g/mol. The van der Waals surface area contributed by atoms with Gasteiger partial charge in [-0.2, -0.15) is 21.0 Å². The average molecular weight is 514 g/mol. The van der Waals surface area contributed by atoms with E-state index in [2.05, 4.69) is 33.6 Å². The largest absolute Gasteiger partial charge is 0.339 e. The number of hydrogen-bond donors (Lipinski definition) is 0. The highest BCUT2D eigenvalue weighted by molar-refractivity contribution is 7.30. The smallest absolute Gasteiger partial charge is 0.130 e. The van der Waals surface area contributed by atoms with Gasteiger partial charge in [0.2, 0.25) is 0 Å². The van der Waals surface area contributed by atoms with Gasteiger partial charge in [-0.3, -0.25) is 9.97 Å². The molecule has 5 heterocycles. The van der Waals surface area contributed by atoms with Gasteiger partial charge in [0.25, 0.3) is 0 Å². The van der Waals surface area contributed by atoms with Crippen LogP contribution in [0, 0.1) is 45.3 Å². The van der Waals surface area contributed by atoms with Crippen molar-refractivity contribution in [3.05, 3.63) is 71.1 Å². The van der Waals surface area contributed by atoms with E-state index < -0.39 is 0 Å². The number of nitriles is 4. The predicted octanol–water partition coefficient (Wildman–Crippen LogP) is 6.92. The van der Waals surface area contributed by atoms with Crippen LogP contribution in [-0.4, -0.2) is 14.5 Å². The van der Waals surface area contributed by atoms with Crippen molar-refractivity contribution in [2.45, 2.75) is 13.5 Å². The molecule has 0 aliphatic heterocycles. The maximum absolute atomic E-state index is 8.96. The van der Waals surface area contributed by atoms with E-state index in [1.807, 2.05) is 48.5 Å². The van der Waals surface area contributed by atoms with Crippen molar-refractivity contribution in [2.24, 2.45) is 0 Å². The van der Waals surface area contributed by atoms with Gasteiger partial charge in [0.05, 0.1) is 41.6 Å². The summed E-state index contributed by atoms with van der Waals surface area (Å²) < 4.78 is 4.67. The first kappa shape index (κ1) is 23.7. The summed E-state index contributed by atoms with van der Waals surface area (Å²) in [6.07, 6.45) is 6.38. The molecule has 0 saturated carbocycles. The molecule has 0 bridgehead atoms. The third-order valence-corrected chi connectivity index (χ3v) is 8.17. The van der Waals surface area contributed by atoms with E-state index in [1.165, 1.54) is 21.6 Å². The van der Waals surface area contributed by atoms with Crippen molar-refractivity contribution in [2.75, 3.05) is 0 Å². The van der Waals surface area contributed by atoms with E-state index >= 15 is 0 Å². The van der Waals surface area contributed by atoms with E-state index in [0.29, 0.717) is 11.1 Å². The van der Waals surface area contributed by atoms with Crippen LogP contribution in [0.4, 0.5) is 0 Å². The van der Waals surface area contributed by atoms with Crippen molar-refractivity contribution in [1.82, 2.24) is 14.5 Å². The lowest BCUT2D eigenvalue weighted by molar-refractivity contribution is 0.828. The Morgan fingerprint density at radius 2 is 1.19 bits per heavy atom. The molecule has 7 nitrogen and oxygen atoms in total. The van der Waals surface area contributed by atoms with E-state index in [1.54, 1.807) is 35.1 Å². The third kappa shape index (κ3) is 4.38. The first-order valence-electron chi connectivity index (χ1n) is 11.1. The van der Waals surface area contributed by atoms with Gasteiger partial charge < -0.3 is 4.57 Å². The number of aromatic nitrogens is 3. The standard InChI is InChI=1S/C28H15N7S2/c1-2-35-23-9-25(21-5-3-17(15-33-21)7-19(11-29)12-30)36-27(23)28-24(35)10-26(37-28)22-6-4-18(16-34-22)8-20(13-31)14-32/h3-10,15-16H,2H2,1H3. The van der Waals surface area contributed by atoms with Crippen LogP contribution in [0.5, 0.6) is 0 Å². The summed E-state index contributed by atoms with van der Waals surface area (Å²) in [5.41, 5.74) is 5.48. The third-order valence-electron chi connectivity index (χ3n) is 5.71. The summed E-state index contributed by atoms with van der Waals surface area (Å²) >= 11 is 3.37. The zero-order chi connectivity index (χ0) is 25.9. The normalized spacial score (nSPS) is 10.3. The number of hydrogen-bond acceptors (Lipinski definition) is 8. The summed E-state index contributed by atoms with van der Waals surface area (Å²) in [5, 5.41) is 35.8. The van der Waals surface area contributed by atoms with Crippen LogP contribution in [0.1, 0.15) is 18.1 Å². The zero-order valence-corrected chi connectivity index (χ0v) is 21.1. The first-order chi connectivity index (χ1) is 18.1. The summed E-state index contributed by atoms with van der Waals surface area (Å²) in [6, 6.07) is 19.3. The maximum Gasteiger partial charge on any atom is 0.130 e. The molecule has 0 atom stereocenters. The van der Waals surface area contributed by atoms with E-state index in [0.717, 1.165) is 38.7 Å². The maximum atomic E-state index is 8.96. The van der Waals surface area contributed by atoms with Gasteiger partial charge in [-0.05, 0) is 54.5 Å². The SMILES string of the molecule is CCn1c2cc(-c3ccc(C=C(C#N)C#N)cn3)sc2c2sc(-c3ccc(C=C(C#N)C#N)cn3)cc21. The molecule has 5 aromatic rings. The fourth-order valence-electron chi connectivity index (χ4n) is 4.00. The van der Waals surface area contributed by atoms with E-state index in [-0.39, 0.29) is 11.1 Å². The van der Waals surface area contributed by atoms with Crippen molar-refractivity contribution in [3.63, 3.8) is 0 Å². The van der Waals surface area contributed by atoms with Gasteiger partial charge in [-0.25, -0.2) is 0 Å². The van der Waals surface area contributed by atoms with Crippen LogP contribution in [0.15, 0.2) is 59.9 Å². The van der Waals surface area contributed by atoms with Crippen molar-refractivity contribution < 1.29 is 0 Å². The molecule has 0 fully saturated rings. The average Bonchev–Trinajstić information content (AvgIpc) is 3.62. The molecule has 5 rings (SSSR count). The monoisotopic (exact) mass is 513 g/mol. The van der Waals surface area contributed by atoms with Crippen LogP contribution >= 0.6 is 22.7 Å². The second-order valence-electron chi connectivity index (χ2n) is 7.91. The molecule has 0 amide bonds. The number of thiophene rings is 2. The highest BCUT2D eigenvalue weighted by Crippen LogP contribution is 2.44. The number of aryl methyl sites for hydroxylation is 1. The van der Waals surface area contributed by atoms with Crippen molar-refractivity contribution >= 4 is 55.3 Å². The van der Waals surface area contributed by atoms with Crippen LogP contribution in [0.3, 0.4) is 0 Å². The number of nitrogens with zero attached hydrogens (tertiary/aromatic N) is 7. The Balaban J connectivity index is 1.52. The van der Waals surface area contributed by atoms with Crippen LogP contribution in [-0.2, 0) is 6.54 Å². The summed E-state index contributed by atoms with van der Waals surface area (Å²) in [6.45, 7) is 2.94. The summed E-state index contributed by atoms with van der Waals surface area (Å²) in [4.78, 5) is 11.2. The predicted molar refractivity (Wildman–Crippen MR) is 146 cm³/mol. The zero-order valence-electron chi connectivity index (χ0n) is 19.4. The number of fused-ring (bicyclic) bond motifs is 3. The fraction of sp³-hybridized carbons (Fsp3) is 0.0714. The number of allylic oxidation sites excluding steroid dienone is 2. The Labute approximate surface area is 220 Å². The van der Waals surface area contributed by atoms with E-state index in [4.69, 9.17) is 21.0 Å². The molecule has 0 saturated heterocycles. The molecule has 0 aliphatic carbocycles. The van der Waals surface area contributed by atoms with Gasteiger partial charge >= 0.3 is 0 Å². The summed E-state index contributed by atoms with van der Waals surface area (Å²) in [5.74, 6) is 0. The highest BCUT2D eigenvalue weighted by Gasteiger charge is 2.18. The topological polar surface area (TPSA) is 126 Å². The quantitative estimate of drug-likeness (QED) is 0.235. The van der Waals surface area contributed by atoms with Gasteiger partial charge in [0, 0.05) is 18.9 Å². The Bertz CT molecular complexity index is 1720. The number of pyridine rings is 2. The molecule has 5 aromatic heterocycles. The molecule has 0 aliphatic rings. The Morgan fingerprint density at radius 1 is 0.757 bits per heavy atom. The van der Waals surface area contributed by atoms with Gasteiger partial charge in [0.1, 0.15) is 35.4 Å². The Morgan fingerprint density at radius 3 is 1.51 bits per heavy atom. The minimum atomic E-state index is 0.0407. The highest BCUT2D eigenvalue weighted by atomic mass is 32.1. The minimum Gasteiger partial charge on any atom is -0.339 e. The van der Waals surface area contributed by atoms with Gasteiger partial charge in [-0.15, -0.1) is 22.7 Å².